The molecule has 0 aromatic heterocycles. The van der Waals surface area contributed by atoms with Gasteiger partial charge in [-0.3, -0.25) is 4.79 Å². The summed E-state index contributed by atoms with van der Waals surface area (Å²) in [5.41, 5.74) is 2.72. The molecule has 2 N–H and O–H groups in total. The Morgan fingerprint density at radius 2 is 2.05 bits per heavy atom. The van der Waals surface area contributed by atoms with Gasteiger partial charge in [-0.25, -0.2) is 4.39 Å². The molecule has 1 amide bonds. The molecule has 0 spiro atoms. The molecule has 1 aliphatic heterocycles. The van der Waals surface area contributed by atoms with E-state index in [0.717, 1.165) is 11.3 Å². The van der Waals surface area contributed by atoms with Crippen LogP contribution in [-0.4, -0.2) is 12.5 Å². The molecule has 1 unspecified atom stereocenters. The normalized spacial score (nSPS) is 16.9. The number of hydrogen-bond acceptors (Lipinski definition) is 2. The second kappa shape index (κ2) is 5.33. The Balaban J connectivity index is 1.70. The summed E-state index contributed by atoms with van der Waals surface area (Å²) >= 11 is 0. The van der Waals surface area contributed by atoms with E-state index in [-0.39, 0.29) is 17.6 Å². The Morgan fingerprint density at radius 3 is 2.90 bits per heavy atom. The van der Waals surface area contributed by atoms with E-state index in [2.05, 4.69) is 10.6 Å². The van der Waals surface area contributed by atoms with Crippen molar-refractivity contribution in [3.63, 3.8) is 0 Å². The number of halogens is 1. The molecule has 20 heavy (non-hydrogen) atoms. The van der Waals surface area contributed by atoms with Crippen LogP contribution in [0.3, 0.4) is 0 Å². The molecule has 0 fully saturated rings. The van der Waals surface area contributed by atoms with Gasteiger partial charge < -0.3 is 10.6 Å². The molecule has 0 bridgehead atoms. The number of amides is 1. The summed E-state index contributed by atoms with van der Waals surface area (Å²) in [6, 6.07) is 13.9. The average molecular weight is 270 g/mol. The minimum Gasteiger partial charge on any atom is -0.384 e. The second-order valence-corrected chi connectivity index (χ2v) is 4.94. The van der Waals surface area contributed by atoms with Crippen LogP contribution in [0.15, 0.2) is 48.5 Å². The van der Waals surface area contributed by atoms with Gasteiger partial charge in [0.15, 0.2) is 0 Å². The first-order chi connectivity index (χ1) is 9.72. The summed E-state index contributed by atoms with van der Waals surface area (Å²) in [7, 11) is 0. The molecular weight excluding hydrogens is 255 g/mol. The first-order valence-corrected chi connectivity index (χ1v) is 6.60. The van der Waals surface area contributed by atoms with Crippen LogP contribution < -0.4 is 10.6 Å². The minimum atomic E-state index is -0.352. The molecule has 4 heteroatoms. The van der Waals surface area contributed by atoms with Gasteiger partial charge in [0, 0.05) is 17.9 Å². The van der Waals surface area contributed by atoms with Crippen LogP contribution in [0.25, 0.3) is 0 Å². The fraction of sp³-hybridized carbons (Fsp3) is 0.188. The van der Waals surface area contributed by atoms with E-state index < -0.39 is 0 Å². The van der Waals surface area contributed by atoms with Gasteiger partial charge in [0.25, 0.3) is 0 Å². The number of carbonyl (C=O) groups excluding carboxylic acids is 1. The SMILES string of the molecule is O=C(Nc1cccc(F)c1)C1CNc2ccccc2C1. The number of anilines is 2. The Bertz CT molecular complexity index is 642. The average Bonchev–Trinajstić information content (AvgIpc) is 2.47. The fourth-order valence-corrected chi connectivity index (χ4v) is 2.44. The van der Waals surface area contributed by atoms with Crippen molar-refractivity contribution in [2.45, 2.75) is 6.42 Å². The van der Waals surface area contributed by atoms with Crippen LogP contribution in [0.5, 0.6) is 0 Å². The number of hydrogen-bond donors (Lipinski definition) is 2. The molecule has 1 heterocycles. The highest BCUT2D eigenvalue weighted by Gasteiger charge is 2.24. The van der Waals surface area contributed by atoms with E-state index in [1.807, 2.05) is 24.3 Å². The maximum absolute atomic E-state index is 13.1. The smallest absolute Gasteiger partial charge is 0.229 e. The van der Waals surface area contributed by atoms with E-state index in [0.29, 0.717) is 18.7 Å². The lowest BCUT2D eigenvalue weighted by Gasteiger charge is -2.25. The molecule has 0 radical (unpaired) electrons. The van der Waals surface area contributed by atoms with E-state index in [4.69, 9.17) is 0 Å². The highest BCUT2D eigenvalue weighted by atomic mass is 19.1. The number of fused-ring (bicyclic) bond motifs is 1. The van der Waals surface area contributed by atoms with Crippen molar-refractivity contribution < 1.29 is 9.18 Å². The number of rotatable bonds is 2. The summed E-state index contributed by atoms with van der Waals surface area (Å²) in [5.74, 6) is -0.583. The van der Waals surface area contributed by atoms with Crippen LogP contribution in [0.4, 0.5) is 15.8 Å². The van der Waals surface area contributed by atoms with Crippen molar-refractivity contribution in [1.29, 1.82) is 0 Å². The first-order valence-electron chi connectivity index (χ1n) is 6.60. The predicted molar refractivity (Wildman–Crippen MR) is 77.2 cm³/mol. The van der Waals surface area contributed by atoms with E-state index in [1.54, 1.807) is 12.1 Å². The standard InChI is InChI=1S/C16H15FN2O/c17-13-5-3-6-14(9-13)19-16(20)12-8-11-4-1-2-7-15(11)18-10-12/h1-7,9,12,18H,8,10H2,(H,19,20). The van der Waals surface area contributed by atoms with Gasteiger partial charge in [-0.15, -0.1) is 0 Å². The highest BCUT2D eigenvalue weighted by molar-refractivity contribution is 5.93. The number of para-hydroxylation sites is 1. The topological polar surface area (TPSA) is 41.1 Å². The van der Waals surface area contributed by atoms with Crippen LogP contribution in [0.2, 0.25) is 0 Å². The molecule has 0 saturated carbocycles. The van der Waals surface area contributed by atoms with Crippen LogP contribution in [-0.2, 0) is 11.2 Å². The fourth-order valence-electron chi connectivity index (χ4n) is 2.44. The molecule has 2 aromatic rings. The molecule has 3 rings (SSSR count). The lowest BCUT2D eigenvalue weighted by atomic mass is 9.93. The highest BCUT2D eigenvalue weighted by Crippen LogP contribution is 2.25. The largest absolute Gasteiger partial charge is 0.384 e. The Labute approximate surface area is 116 Å². The lowest BCUT2D eigenvalue weighted by Crippen LogP contribution is -2.33. The molecule has 1 atom stereocenters. The van der Waals surface area contributed by atoms with Crippen molar-refractivity contribution in [3.8, 4) is 0 Å². The molecule has 1 aliphatic rings. The zero-order valence-electron chi connectivity index (χ0n) is 10.9. The molecule has 3 nitrogen and oxygen atoms in total. The van der Waals surface area contributed by atoms with Gasteiger partial charge in [-0.05, 0) is 36.2 Å². The monoisotopic (exact) mass is 270 g/mol. The summed E-state index contributed by atoms with van der Waals surface area (Å²) < 4.78 is 13.1. The van der Waals surface area contributed by atoms with Crippen molar-refractivity contribution >= 4 is 17.3 Å². The zero-order chi connectivity index (χ0) is 13.9. The quantitative estimate of drug-likeness (QED) is 0.880. The minimum absolute atomic E-state index is 0.0856. The third kappa shape index (κ3) is 2.64. The number of carbonyl (C=O) groups is 1. The van der Waals surface area contributed by atoms with Crippen molar-refractivity contribution in [2.75, 3.05) is 17.2 Å². The molecular formula is C16H15FN2O. The Morgan fingerprint density at radius 1 is 1.20 bits per heavy atom. The zero-order valence-corrected chi connectivity index (χ0v) is 10.9. The molecule has 0 saturated heterocycles. The number of benzene rings is 2. The second-order valence-electron chi connectivity index (χ2n) is 4.94. The molecule has 102 valence electrons. The Hall–Kier alpha value is -2.36. The van der Waals surface area contributed by atoms with Gasteiger partial charge in [0.2, 0.25) is 5.91 Å². The van der Waals surface area contributed by atoms with Crippen molar-refractivity contribution in [3.05, 3.63) is 59.9 Å². The van der Waals surface area contributed by atoms with E-state index in [1.165, 1.54) is 12.1 Å². The maximum Gasteiger partial charge on any atom is 0.229 e. The third-order valence-corrected chi connectivity index (χ3v) is 3.49. The maximum atomic E-state index is 13.1. The van der Waals surface area contributed by atoms with Gasteiger partial charge in [0.05, 0.1) is 5.92 Å². The third-order valence-electron chi connectivity index (χ3n) is 3.49. The van der Waals surface area contributed by atoms with E-state index >= 15 is 0 Å². The first kappa shape index (κ1) is 12.7. The molecule has 0 aliphatic carbocycles. The van der Waals surface area contributed by atoms with E-state index in [9.17, 15) is 9.18 Å². The number of nitrogens with one attached hydrogen (secondary N) is 2. The summed E-state index contributed by atoms with van der Waals surface area (Å²) in [5, 5.41) is 6.02. The van der Waals surface area contributed by atoms with Crippen LogP contribution in [0.1, 0.15) is 5.56 Å². The molecule has 2 aromatic carbocycles. The van der Waals surface area contributed by atoms with Gasteiger partial charge in [-0.1, -0.05) is 24.3 Å². The van der Waals surface area contributed by atoms with Crippen molar-refractivity contribution in [2.24, 2.45) is 5.92 Å². The summed E-state index contributed by atoms with van der Waals surface area (Å²) in [4.78, 5) is 12.2. The van der Waals surface area contributed by atoms with Gasteiger partial charge in [-0.2, -0.15) is 0 Å². The predicted octanol–water partition coefficient (Wildman–Crippen LogP) is 3.05. The van der Waals surface area contributed by atoms with Crippen LogP contribution >= 0.6 is 0 Å². The van der Waals surface area contributed by atoms with Gasteiger partial charge >= 0.3 is 0 Å². The Kier molecular flexibility index (Phi) is 3.37. The van der Waals surface area contributed by atoms with Gasteiger partial charge in [0.1, 0.15) is 5.82 Å². The lowest BCUT2D eigenvalue weighted by molar-refractivity contribution is -0.119. The van der Waals surface area contributed by atoms with Crippen LogP contribution in [0, 0.1) is 11.7 Å². The van der Waals surface area contributed by atoms with Crippen molar-refractivity contribution in [1.82, 2.24) is 0 Å². The summed E-state index contributed by atoms with van der Waals surface area (Å²) in [6.45, 7) is 0.595. The summed E-state index contributed by atoms with van der Waals surface area (Å²) in [6.07, 6.45) is 0.699.